The summed E-state index contributed by atoms with van der Waals surface area (Å²) in [7, 11) is 0. The summed E-state index contributed by atoms with van der Waals surface area (Å²) in [6.07, 6.45) is 1.96. The van der Waals surface area contributed by atoms with Crippen LogP contribution in [0.3, 0.4) is 0 Å². The fourth-order valence-corrected chi connectivity index (χ4v) is 4.83. The summed E-state index contributed by atoms with van der Waals surface area (Å²) in [6, 6.07) is 15.9. The van der Waals surface area contributed by atoms with E-state index in [1.807, 2.05) is 35.2 Å². The first-order chi connectivity index (χ1) is 11.8. The number of anilines is 1. The smallest absolute Gasteiger partial charge is 0.254 e. The molecule has 3 aliphatic heterocycles. The van der Waals surface area contributed by atoms with Crippen LogP contribution in [0.4, 0.5) is 5.69 Å². The quantitative estimate of drug-likeness (QED) is 0.823. The Balaban J connectivity index is 1.63. The molecule has 4 unspecified atom stereocenters. The molecule has 2 aromatic carbocycles. The van der Waals surface area contributed by atoms with Crippen molar-refractivity contribution in [3.63, 3.8) is 0 Å². The maximum atomic E-state index is 13.0. The Labute approximate surface area is 140 Å². The van der Waals surface area contributed by atoms with Gasteiger partial charge in [-0.15, -0.1) is 0 Å². The molecular weight excluding hydrogens is 300 g/mol. The zero-order chi connectivity index (χ0) is 16.3. The standard InChI is InChI=1S/C20H18N2O2/c23-11-16-12-5-1-2-7-15(12)20(24)22-10-9-14-13-6-3-4-8-17(13)21-18(14)19(16)22/h1-8,11,14,16,18-19,21H,9-10H2. The van der Waals surface area contributed by atoms with Crippen LogP contribution in [0.1, 0.15) is 39.7 Å². The molecule has 0 bridgehead atoms. The molecule has 4 heteroatoms. The number of piperidine rings is 1. The molecule has 4 atom stereocenters. The minimum Gasteiger partial charge on any atom is -0.379 e. The second kappa shape index (κ2) is 4.94. The first-order valence-electron chi connectivity index (χ1n) is 8.50. The van der Waals surface area contributed by atoms with Gasteiger partial charge in [0.1, 0.15) is 6.29 Å². The van der Waals surface area contributed by atoms with E-state index in [1.54, 1.807) is 0 Å². The molecule has 3 aliphatic rings. The van der Waals surface area contributed by atoms with E-state index in [1.165, 1.54) is 5.56 Å². The van der Waals surface area contributed by atoms with Gasteiger partial charge in [-0.3, -0.25) is 4.79 Å². The molecule has 2 aromatic rings. The highest BCUT2D eigenvalue weighted by Crippen LogP contribution is 2.48. The zero-order valence-corrected chi connectivity index (χ0v) is 13.2. The number of amides is 1. The third-order valence-electron chi connectivity index (χ3n) is 5.85. The first-order valence-corrected chi connectivity index (χ1v) is 8.50. The number of aldehydes is 1. The number of fused-ring (bicyclic) bond motifs is 6. The summed E-state index contributed by atoms with van der Waals surface area (Å²) < 4.78 is 0. The summed E-state index contributed by atoms with van der Waals surface area (Å²) in [4.78, 5) is 26.9. The Kier molecular flexibility index (Phi) is 2.84. The van der Waals surface area contributed by atoms with Crippen molar-refractivity contribution in [3.8, 4) is 0 Å². The Hall–Kier alpha value is -2.62. The van der Waals surface area contributed by atoms with Gasteiger partial charge in [-0.2, -0.15) is 0 Å². The monoisotopic (exact) mass is 318 g/mol. The summed E-state index contributed by atoms with van der Waals surface area (Å²) >= 11 is 0. The summed E-state index contributed by atoms with van der Waals surface area (Å²) in [5, 5.41) is 3.60. The minimum atomic E-state index is -0.270. The average molecular weight is 318 g/mol. The minimum absolute atomic E-state index is 0.0601. The van der Waals surface area contributed by atoms with E-state index in [-0.39, 0.29) is 23.9 Å². The number of hydrogen-bond acceptors (Lipinski definition) is 3. The van der Waals surface area contributed by atoms with Gasteiger partial charge >= 0.3 is 0 Å². The highest BCUT2D eigenvalue weighted by atomic mass is 16.2. The van der Waals surface area contributed by atoms with E-state index in [4.69, 9.17) is 0 Å². The molecular formula is C20H18N2O2. The molecule has 5 rings (SSSR count). The number of para-hydroxylation sites is 1. The van der Waals surface area contributed by atoms with Gasteiger partial charge in [0.25, 0.3) is 5.91 Å². The van der Waals surface area contributed by atoms with Gasteiger partial charge in [0.05, 0.1) is 18.0 Å². The van der Waals surface area contributed by atoms with Crippen LogP contribution in [0.2, 0.25) is 0 Å². The predicted octanol–water partition coefficient (Wildman–Crippen LogP) is 2.78. The molecule has 120 valence electrons. The lowest BCUT2D eigenvalue weighted by atomic mass is 9.73. The third kappa shape index (κ3) is 1.68. The predicted molar refractivity (Wildman–Crippen MR) is 91.3 cm³/mol. The van der Waals surface area contributed by atoms with Crippen LogP contribution in [0.15, 0.2) is 48.5 Å². The molecule has 0 spiro atoms. The second-order valence-corrected chi connectivity index (χ2v) is 6.89. The number of nitrogens with zero attached hydrogens (tertiary/aromatic N) is 1. The van der Waals surface area contributed by atoms with Gasteiger partial charge in [-0.25, -0.2) is 0 Å². The maximum absolute atomic E-state index is 13.0. The second-order valence-electron chi connectivity index (χ2n) is 6.89. The number of benzene rings is 2. The van der Waals surface area contributed by atoms with Crippen molar-refractivity contribution >= 4 is 17.9 Å². The number of rotatable bonds is 1. The molecule has 0 saturated carbocycles. The van der Waals surface area contributed by atoms with Gasteiger partial charge < -0.3 is 15.0 Å². The van der Waals surface area contributed by atoms with Crippen molar-refractivity contribution in [2.24, 2.45) is 0 Å². The van der Waals surface area contributed by atoms with Crippen LogP contribution in [0.25, 0.3) is 0 Å². The molecule has 4 nitrogen and oxygen atoms in total. The summed E-state index contributed by atoms with van der Waals surface area (Å²) in [5.74, 6) is 0.154. The van der Waals surface area contributed by atoms with E-state index in [0.29, 0.717) is 18.0 Å². The Morgan fingerprint density at radius 3 is 2.62 bits per heavy atom. The topological polar surface area (TPSA) is 49.4 Å². The fourth-order valence-electron chi connectivity index (χ4n) is 4.83. The van der Waals surface area contributed by atoms with Crippen molar-refractivity contribution in [2.45, 2.75) is 30.3 Å². The largest absolute Gasteiger partial charge is 0.379 e. The van der Waals surface area contributed by atoms with E-state index in [0.717, 1.165) is 24.0 Å². The van der Waals surface area contributed by atoms with Gasteiger partial charge in [0.2, 0.25) is 0 Å². The van der Waals surface area contributed by atoms with Crippen LogP contribution in [0.5, 0.6) is 0 Å². The molecule has 3 heterocycles. The van der Waals surface area contributed by atoms with Crippen molar-refractivity contribution in [1.29, 1.82) is 0 Å². The lowest BCUT2D eigenvalue weighted by Crippen LogP contribution is -2.60. The molecule has 0 aromatic heterocycles. The van der Waals surface area contributed by atoms with Crippen LogP contribution >= 0.6 is 0 Å². The van der Waals surface area contributed by atoms with Gasteiger partial charge in [0.15, 0.2) is 0 Å². The number of carbonyl (C=O) groups is 2. The third-order valence-corrected chi connectivity index (χ3v) is 5.85. The number of nitrogens with one attached hydrogen (secondary N) is 1. The highest BCUT2D eigenvalue weighted by molar-refractivity contribution is 5.99. The van der Waals surface area contributed by atoms with Crippen LogP contribution < -0.4 is 5.32 Å². The van der Waals surface area contributed by atoms with E-state index < -0.39 is 0 Å². The van der Waals surface area contributed by atoms with E-state index in [9.17, 15) is 9.59 Å². The fraction of sp³-hybridized carbons (Fsp3) is 0.300. The van der Waals surface area contributed by atoms with Crippen molar-refractivity contribution in [2.75, 3.05) is 11.9 Å². The molecule has 1 N–H and O–H groups in total. The average Bonchev–Trinajstić information content (AvgIpc) is 3.01. The Morgan fingerprint density at radius 1 is 1.04 bits per heavy atom. The molecule has 1 saturated heterocycles. The lowest BCUT2D eigenvalue weighted by molar-refractivity contribution is -0.110. The van der Waals surface area contributed by atoms with Crippen LogP contribution in [-0.4, -0.2) is 35.7 Å². The van der Waals surface area contributed by atoms with Crippen molar-refractivity contribution in [3.05, 3.63) is 65.2 Å². The van der Waals surface area contributed by atoms with Gasteiger partial charge in [-0.05, 0) is 29.7 Å². The Bertz CT molecular complexity index is 847. The van der Waals surface area contributed by atoms with E-state index in [2.05, 4.69) is 23.5 Å². The van der Waals surface area contributed by atoms with Gasteiger partial charge in [0, 0.05) is 23.7 Å². The lowest BCUT2D eigenvalue weighted by Gasteiger charge is -2.48. The number of hydrogen-bond donors (Lipinski definition) is 1. The molecule has 0 aliphatic carbocycles. The number of carbonyl (C=O) groups excluding carboxylic acids is 2. The maximum Gasteiger partial charge on any atom is 0.254 e. The van der Waals surface area contributed by atoms with Crippen molar-refractivity contribution < 1.29 is 9.59 Å². The molecule has 1 fully saturated rings. The summed E-state index contributed by atoms with van der Waals surface area (Å²) in [6.45, 7) is 0.708. The van der Waals surface area contributed by atoms with E-state index >= 15 is 0 Å². The first kappa shape index (κ1) is 13.8. The summed E-state index contributed by atoms with van der Waals surface area (Å²) in [5.41, 5.74) is 4.01. The molecule has 24 heavy (non-hydrogen) atoms. The Morgan fingerprint density at radius 2 is 1.79 bits per heavy atom. The van der Waals surface area contributed by atoms with Crippen LogP contribution in [-0.2, 0) is 4.79 Å². The normalized spacial score (nSPS) is 29.8. The highest BCUT2D eigenvalue weighted by Gasteiger charge is 2.51. The zero-order valence-electron chi connectivity index (χ0n) is 13.2. The molecule has 1 amide bonds. The van der Waals surface area contributed by atoms with Crippen LogP contribution in [0, 0.1) is 0 Å². The SMILES string of the molecule is O=CC1c2ccccc2C(=O)N2CCC3c4ccccc4NC3C12. The van der Waals surface area contributed by atoms with Gasteiger partial charge in [-0.1, -0.05) is 36.4 Å². The van der Waals surface area contributed by atoms with Crippen molar-refractivity contribution in [1.82, 2.24) is 4.90 Å². The molecule has 0 radical (unpaired) electrons.